The molecule has 20 heavy (non-hydrogen) atoms. The van der Waals surface area contributed by atoms with Crippen LogP contribution in [0.3, 0.4) is 0 Å². The summed E-state index contributed by atoms with van der Waals surface area (Å²) in [5.41, 5.74) is 1.87. The Bertz CT molecular complexity index is 468. The third-order valence-electron chi connectivity index (χ3n) is 4.11. The van der Waals surface area contributed by atoms with Gasteiger partial charge in [0.1, 0.15) is 0 Å². The highest BCUT2D eigenvalue weighted by molar-refractivity contribution is 9.10. The molecule has 1 fully saturated rings. The zero-order valence-electron chi connectivity index (χ0n) is 12.3. The molecule has 1 aliphatic rings. The fraction of sp³-hybridized carbons (Fsp3) is 0.562. The van der Waals surface area contributed by atoms with Crippen LogP contribution in [0, 0.1) is 12.8 Å². The summed E-state index contributed by atoms with van der Waals surface area (Å²) >= 11 is 3.47. The molecule has 1 aromatic carbocycles. The predicted molar refractivity (Wildman–Crippen MR) is 86.1 cm³/mol. The van der Waals surface area contributed by atoms with E-state index in [1.807, 2.05) is 25.1 Å². The van der Waals surface area contributed by atoms with Gasteiger partial charge in [0.15, 0.2) is 0 Å². The fourth-order valence-electron chi connectivity index (χ4n) is 2.58. The Balaban J connectivity index is 1.76. The number of hydrogen-bond acceptors (Lipinski definition) is 2. The van der Waals surface area contributed by atoms with Crippen molar-refractivity contribution in [3.8, 4) is 0 Å². The molecule has 3 nitrogen and oxygen atoms in total. The van der Waals surface area contributed by atoms with E-state index in [9.17, 15) is 4.79 Å². The summed E-state index contributed by atoms with van der Waals surface area (Å²) in [5, 5.41) is 3.03. The van der Waals surface area contributed by atoms with Crippen molar-refractivity contribution in [2.45, 2.75) is 26.2 Å². The van der Waals surface area contributed by atoms with Crippen LogP contribution in [0.5, 0.6) is 0 Å². The molecular formula is C16H23BrN2O. The molecule has 4 heteroatoms. The first-order chi connectivity index (χ1) is 9.56. The molecule has 1 aliphatic heterocycles. The van der Waals surface area contributed by atoms with Gasteiger partial charge in [0.25, 0.3) is 5.91 Å². The Kier molecular flexibility index (Phi) is 5.61. The van der Waals surface area contributed by atoms with Crippen LogP contribution < -0.4 is 5.32 Å². The lowest BCUT2D eigenvalue weighted by molar-refractivity contribution is 0.0949. The van der Waals surface area contributed by atoms with E-state index in [2.05, 4.69) is 33.2 Å². The quantitative estimate of drug-likeness (QED) is 0.914. The second-order valence-electron chi connectivity index (χ2n) is 5.76. The number of amides is 1. The summed E-state index contributed by atoms with van der Waals surface area (Å²) in [6, 6.07) is 5.74. The fourth-order valence-corrected chi connectivity index (χ4v) is 2.96. The summed E-state index contributed by atoms with van der Waals surface area (Å²) in [7, 11) is 2.17. The maximum Gasteiger partial charge on any atom is 0.251 e. The monoisotopic (exact) mass is 338 g/mol. The van der Waals surface area contributed by atoms with E-state index in [1.165, 1.54) is 25.9 Å². The lowest BCUT2D eigenvalue weighted by atomic mass is 9.94. The molecule has 2 rings (SSSR count). The number of halogens is 1. The summed E-state index contributed by atoms with van der Waals surface area (Å²) < 4.78 is 0.987. The molecule has 1 amide bonds. The van der Waals surface area contributed by atoms with Crippen LogP contribution in [0.25, 0.3) is 0 Å². The van der Waals surface area contributed by atoms with Gasteiger partial charge in [0, 0.05) is 16.6 Å². The maximum atomic E-state index is 12.1. The molecule has 1 saturated heterocycles. The first kappa shape index (κ1) is 15.5. The van der Waals surface area contributed by atoms with Crippen LogP contribution in [0.1, 0.15) is 35.2 Å². The molecule has 0 spiro atoms. The molecule has 1 N–H and O–H groups in total. The normalized spacial score (nSPS) is 17.1. The molecule has 110 valence electrons. The molecule has 0 bridgehead atoms. The highest BCUT2D eigenvalue weighted by atomic mass is 79.9. The van der Waals surface area contributed by atoms with Crippen LogP contribution >= 0.6 is 15.9 Å². The Morgan fingerprint density at radius 2 is 2.10 bits per heavy atom. The highest BCUT2D eigenvalue weighted by Gasteiger charge is 2.16. The smallest absolute Gasteiger partial charge is 0.251 e. The Morgan fingerprint density at radius 1 is 1.40 bits per heavy atom. The van der Waals surface area contributed by atoms with Gasteiger partial charge in [-0.3, -0.25) is 4.79 Å². The van der Waals surface area contributed by atoms with Gasteiger partial charge in [-0.25, -0.2) is 0 Å². The number of carbonyl (C=O) groups is 1. The molecule has 0 unspecified atom stereocenters. The zero-order chi connectivity index (χ0) is 14.5. The van der Waals surface area contributed by atoms with Crippen LogP contribution in [-0.4, -0.2) is 37.5 Å². The van der Waals surface area contributed by atoms with E-state index in [-0.39, 0.29) is 5.91 Å². The van der Waals surface area contributed by atoms with Crippen LogP contribution in [-0.2, 0) is 0 Å². The summed E-state index contributed by atoms with van der Waals surface area (Å²) in [6.07, 6.45) is 3.59. The van der Waals surface area contributed by atoms with Crippen molar-refractivity contribution in [3.05, 3.63) is 33.8 Å². The van der Waals surface area contributed by atoms with E-state index < -0.39 is 0 Å². The average molecular weight is 339 g/mol. The van der Waals surface area contributed by atoms with Crippen molar-refractivity contribution < 1.29 is 4.79 Å². The average Bonchev–Trinajstić information content (AvgIpc) is 2.44. The summed E-state index contributed by atoms with van der Waals surface area (Å²) in [5.74, 6) is 0.787. The number of benzene rings is 1. The lowest BCUT2D eigenvalue weighted by Crippen LogP contribution is -2.32. The summed E-state index contributed by atoms with van der Waals surface area (Å²) in [6.45, 7) is 5.16. The lowest BCUT2D eigenvalue weighted by Gasteiger charge is -2.28. The third-order valence-corrected chi connectivity index (χ3v) is 4.96. The first-order valence-corrected chi connectivity index (χ1v) is 8.08. The molecule has 0 radical (unpaired) electrons. The van der Waals surface area contributed by atoms with Crippen molar-refractivity contribution in [2.24, 2.45) is 5.92 Å². The number of likely N-dealkylation sites (tertiary alicyclic amines) is 1. The van der Waals surface area contributed by atoms with Crippen LogP contribution in [0.15, 0.2) is 22.7 Å². The van der Waals surface area contributed by atoms with E-state index in [4.69, 9.17) is 0 Å². The van der Waals surface area contributed by atoms with Crippen LogP contribution in [0.4, 0.5) is 0 Å². The van der Waals surface area contributed by atoms with Crippen molar-refractivity contribution in [3.63, 3.8) is 0 Å². The minimum absolute atomic E-state index is 0.0265. The number of hydrogen-bond donors (Lipinski definition) is 1. The van der Waals surface area contributed by atoms with Crippen LogP contribution in [0.2, 0.25) is 0 Å². The number of nitrogens with zero attached hydrogens (tertiary/aromatic N) is 1. The molecule has 0 atom stereocenters. The third kappa shape index (κ3) is 4.32. The number of aryl methyl sites for hydroxylation is 1. The minimum atomic E-state index is 0.0265. The predicted octanol–water partition coefficient (Wildman–Crippen LogP) is 3.22. The van der Waals surface area contributed by atoms with Crippen molar-refractivity contribution in [1.82, 2.24) is 10.2 Å². The summed E-state index contributed by atoms with van der Waals surface area (Å²) in [4.78, 5) is 14.4. The highest BCUT2D eigenvalue weighted by Crippen LogP contribution is 2.19. The molecule has 1 aromatic rings. The van der Waals surface area contributed by atoms with Gasteiger partial charge in [-0.1, -0.05) is 22.0 Å². The topological polar surface area (TPSA) is 32.3 Å². The maximum absolute atomic E-state index is 12.1. The Morgan fingerprint density at radius 3 is 2.75 bits per heavy atom. The van der Waals surface area contributed by atoms with Gasteiger partial charge in [-0.15, -0.1) is 0 Å². The van der Waals surface area contributed by atoms with E-state index in [0.717, 1.165) is 34.5 Å². The molecule has 1 heterocycles. The number of carbonyl (C=O) groups excluding carboxylic acids is 1. The van der Waals surface area contributed by atoms with Crippen molar-refractivity contribution in [2.75, 3.05) is 26.7 Å². The standard InChI is InChI=1S/C16H23BrN2O/c1-12-3-4-14(11-15(12)17)16(20)18-8-5-13-6-9-19(2)10-7-13/h3-4,11,13H,5-10H2,1-2H3,(H,18,20). The van der Waals surface area contributed by atoms with E-state index >= 15 is 0 Å². The molecule has 0 aliphatic carbocycles. The number of rotatable bonds is 4. The van der Waals surface area contributed by atoms with Gasteiger partial charge in [-0.05, 0) is 69.9 Å². The number of piperidine rings is 1. The van der Waals surface area contributed by atoms with Gasteiger partial charge in [0.2, 0.25) is 0 Å². The van der Waals surface area contributed by atoms with E-state index in [1.54, 1.807) is 0 Å². The first-order valence-electron chi connectivity index (χ1n) is 7.29. The minimum Gasteiger partial charge on any atom is -0.352 e. The largest absolute Gasteiger partial charge is 0.352 e. The Labute approximate surface area is 129 Å². The van der Waals surface area contributed by atoms with Gasteiger partial charge in [0.05, 0.1) is 0 Å². The van der Waals surface area contributed by atoms with Crippen molar-refractivity contribution in [1.29, 1.82) is 0 Å². The van der Waals surface area contributed by atoms with Crippen molar-refractivity contribution >= 4 is 21.8 Å². The molecular weight excluding hydrogens is 316 g/mol. The second-order valence-corrected chi connectivity index (χ2v) is 6.61. The number of nitrogens with one attached hydrogen (secondary N) is 1. The van der Waals surface area contributed by atoms with Gasteiger partial charge < -0.3 is 10.2 Å². The SMILES string of the molecule is Cc1ccc(C(=O)NCCC2CCN(C)CC2)cc1Br. The second kappa shape index (κ2) is 7.23. The van der Waals surface area contributed by atoms with Gasteiger partial charge in [-0.2, -0.15) is 0 Å². The van der Waals surface area contributed by atoms with E-state index in [0.29, 0.717) is 0 Å². The Hall–Kier alpha value is -0.870. The zero-order valence-corrected chi connectivity index (χ0v) is 13.9. The molecule has 0 aromatic heterocycles. The molecule has 0 saturated carbocycles. The van der Waals surface area contributed by atoms with Gasteiger partial charge >= 0.3 is 0 Å².